The van der Waals surface area contributed by atoms with E-state index in [0.717, 1.165) is 11.3 Å². The molecule has 0 spiro atoms. The van der Waals surface area contributed by atoms with Gasteiger partial charge in [-0.05, 0) is 39.8 Å². The summed E-state index contributed by atoms with van der Waals surface area (Å²) in [7, 11) is 0. The average molecular weight is 289 g/mol. The number of alkyl carbamates (subject to hydrolysis) is 1. The summed E-state index contributed by atoms with van der Waals surface area (Å²) in [6, 6.07) is 7.65. The van der Waals surface area contributed by atoms with E-state index >= 15 is 0 Å². The van der Waals surface area contributed by atoms with Crippen LogP contribution in [0.4, 0.5) is 4.79 Å². The maximum Gasteiger partial charge on any atom is 0.407 e. The van der Waals surface area contributed by atoms with E-state index in [2.05, 4.69) is 17.2 Å². The molecule has 0 saturated carbocycles. The Balaban J connectivity index is 2.42. The van der Waals surface area contributed by atoms with Crippen LogP contribution in [-0.4, -0.2) is 24.8 Å². The number of carbonyl (C=O) groups excluding carboxylic acids is 1. The fourth-order valence-electron chi connectivity index (χ4n) is 1.55. The Bertz CT molecular complexity index is 521. The summed E-state index contributed by atoms with van der Waals surface area (Å²) >= 11 is 0. The minimum atomic E-state index is -0.480. The first-order chi connectivity index (χ1) is 9.92. The molecule has 0 atom stereocenters. The van der Waals surface area contributed by atoms with Crippen LogP contribution < -0.4 is 10.1 Å². The smallest absolute Gasteiger partial charge is 0.407 e. The molecule has 0 aliphatic heterocycles. The van der Waals surface area contributed by atoms with Gasteiger partial charge in [0.25, 0.3) is 0 Å². The molecule has 1 N–H and O–H groups in total. The zero-order chi connectivity index (χ0) is 15.7. The summed E-state index contributed by atoms with van der Waals surface area (Å²) in [6.45, 7) is 8.50. The molecule has 0 fully saturated rings. The number of rotatable bonds is 4. The number of hydrogen-bond acceptors (Lipinski definition) is 3. The molecule has 0 unspecified atom stereocenters. The molecule has 0 bridgehead atoms. The molecule has 21 heavy (non-hydrogen) atoms. The SMILES string of the molecule is CCOc1ccccc1C#CCCNC(=O)OC(C)(C)C. The van der Waals surface area contributed by atoms with Crippen molar-refractivity contribution in [3.8, 4) is 17.6 Å². The quantitative estimate of drug-likeness (QED) is 0.683. The van der Waals surface area contributed by atoms with Crippen molar-refractivity contribution in [1.82, 2.24) is 5.32 Å². The van der Waals surface area contributed by atoms with Gasteiger partial charge in [-0.3, -0.25) is 0 Å². The van der Waals surface area contributed by atoms with Crippen LogP contribution >= 0.6 is 0 Å². The molecular weight excluding hydrogens is 266 g/mol. The Morgan fingerprint density at radius 1 is 1.29 bits per heavy atom. The standard InChI is InChI=1S/C17H23NO3/c1-5-20-15-12-7-6-10-14(15)11-8-9-13-18-16(19)21-17(2,3)4/h6-7,10,12H,5,9,13H2,1-4H3,(H,18,19). The highest BCUT2D eigenvalue weighted by Gasteiger charge is 2.15. The van der Waals surface area contributed by atoms with Gasteiger partial charge >= 0.3 is 6.09 Å². The van der Waals surface area contributed by atoms with Gasteiger partial charge in [0.2, 0.25) is 0 Å². The molecule has 1 aromatic carbocycles. The molecule has 0 radical (unpaired) electrons. The van der Waals surface area contributed by atoms with E-state index in [1.165, 1.54) is 0 Å². The Labute approximate surface area is 126 Å². The molecule has 1 aromatic rings. The number of benzene rings is 1. The third-order valence-electron chi connectivity index (χ3n) is 2.33. The van der Waals surface area contributed by atoms with Crippen LogP contribution in [0.1, 0.15) is 39.7 Å². The molecule has 114 valence electrons. The zero-order valence-corrected chi connectivity index (χ0v) is 13.2. The summed E-state index contributed by atoms with van der Waals surface area (Å²) in [5.41, 5.74) is 0.378. The van der Waals surface area contributed by atoms with E-state index in [1.54, 1.807) is 0 Å². The third kappa shape index (κ3) is 7.26. The number of hydrogen-bond donors (Lipinski definition) is 1. The number of amides is 1. The van der Waals surface area contributed by atoms with Crippen molar-refractivity contribution in [2.75, 3.05) is 13.2 Å². The van der Waals surface area contributed by atoms with Gasteiger partial charge in [0.1, 0.15) is 11.4 Å². The molecule has 1 rings (SSSR count). The van der Waals surface area contributed by atoms with E-state index in [4.69, 9.17) is 9.47 Å². The maximum absolute atomic E-state index is 11.4. The number of carbonyl (C=O) groups is 1. The molecule has 0 heterocycles. The minimum absolute atomic E-state index is 0.418. The Morgan fingerprint density at radius 3 is 2.67 bits per heavy atom. The first-order valence-corrected chi connectivity index (χ1v) is 7.10. The van der Waals surface area contributed by atoms with Crippen LogP contribution in [0, 0.1) is 11.8 Å². The van der Waals surface area contributed by atoms with Crippen LogP contribution in [0.25, 0.3) is 0 Å². The summed E-state index contributed by atoms with van der Waals surface area (Å²) in [5.74, 6) is 6.86. The van der Waals surface area contributed by atoms with Crippen LogP contribution in [0.15, 0.2) is 24.3 Å². The van der Waals surface area contributed by atoms with Gasteiger partial charge < -0.3 is 14.8 Å². The topological polar surface area (TPSA) is 47.6 Å². The molecule has 4 nitrogen and oxygen atoms in total. The second-order valence-corrected chi connectivity index (χ2v) is 5.41. The zero-order valence-electron chi connectivity index (χ0n) is 13.2. The number of ether oxygens (including phenoxy) is 2. The fraction of sp³-hybridized carbons (Fsp3) is 0.471. The van der Waals surface area contributed by atoms with Crippen molar-refractivity contribution in [1.29, 1.82) is 0 Å². The van der Waals surface area contributed by atoms with Crippen LogP contribution in [0.3, 0.4) is 0 Å². The van der Waals surface area contributed by atoms with Crippen molar-refractivity contribution in [2.24, 2.45) is 0 Å². The largest absolute Gasteiger partial charge is 0.493 e. The molecule has 0 aliphatic carbocycles. The van der Waals surface area contributed by atoms with Crippen molar-refractivity contribution in [3.63, 3.8) is 0 Å². The summed E-state index contributed by atoms with van der Waals surface area (Å²) in [4.78, 5) is 11.4. The molecule has 4 heteroatoms. The van der Waals surface area contributed by atoms with Crippen LogP contribution in [0.5, 0.6) is 5.75 Å². The second-order valence-electron chi connectivity index (χ2n) is 5.41. The first kappa shape index (κ1) is 16.9. The van der Waals surface area contributed by atoms with Crippen molar-refractivity contribution in [2.45, 2.75) is 39.7 Å². The van der Waals surface area contributed by atoms with E-state index in [9.17, 15) is 4.79 Å². The Morgan fingerprint density at radius 2 is 2.00 bits per heavy atom. The molecule has 0 saturated heterocycles. The van der Waals surface area contributed by atoms with E-state index in [-0.39, 0.29) is 0 Å². The van der Waals surface area contributed by atoms with Gasteiger partial charge in [-0.15, -0.1) is 0 Å². The lowest BCUT2D eigenvalue weighted by atomic mass is 10.2. The molecular formula is C17H23NO3. The highest BCUT2D eigenvalue weighted by Crippen LogP contribution is 2.16. The lowest BCUT2D eigenvalue weighted by molar-refractivity contribution is 0.0529. The van der Waals surface area contributed by atoms with Gasteiger partial charge in [0.05, 0.1) is 12.2 Å². The lowest BCUT2D eigenvalue weighted by Crippen LogP contribution is -2.32. The van der Waals surface area contributed by atoms with Crippen molar-refractivity contribution in [3.05, 3.63) is 29.8 Å². The predicted molar refractivity (Wildman–Crippen MR) is 83.3 cm³/mol. The van der Waals surface area contributed by atoms with Gasteiger partial charge in [0, 0.05) is 13.0 Å². The van der Waals surface area contributed by atoms with Crippen molar-refractivity contribution < 1.29 is 14.3 Å². The lowest BCUT2D eigenvalue weighted by Gasteiger charge is -2.19. The fourth-order valence-corrected chi connectivity index (χ4v) is 1.55. The van der Waals surface area contributed by atoms with E-state index in [1.807, 2.05) is 52.0 Å². The highest BCUT2D eigenvalue weighted by molar-refractivity contribution is 5.67. The van der Waals surface area contributed by atoms with Crippen LogP contribution in [-0.2, 0) is 4.74 Å². The van der Waals surface area contributed by atoms with Gasteiger partial charge in [-0.1, -0.05) is 24.0 Å². The Kier molecular flexibility index (Phi) is 6.61. The molecule has 0 aromatic heterocycles. The normalized spacial score (nSPS) is 10.3. The highest BCUT2D eigenvalue weighted by atomic mass is 16.6. The second kappa shape index (κ2) is 8.21. The monoisotopic (exact) mass is 289 g/mol. The number of para-hydroxylation sites is 1. The number of nitrogens with one attached hydrogen (secondary N) is 1. The van der Waals surface area contributed by atoms with Crippen molar-refractivity contribution >= 4 is 6.09 Å². The van der Waals surface area contributed by atoms with E-state index < -0.39 is 11.7 Å². The van der Waals surface area contributed by atoms with Crippen LogP contribution in [0.2, 0.25) is 0 Å². The van der Waals surface area contributed by atoms with Gasteiger partial charge in [0.15, 0.2) is 0 Å². The Hall–Kier alpha value is -2.15. The summed E-state index contributed by atoms with van der Waals surface area (Å²) in [5, 5.41) is 2.67. The van der Waals surface area contributed by atoms with Gasteiger partial charge in [-0.25, -0.2) is 4.79 Å². The summed E-state index contributed by atoms with van der Waals surface area (Å²) < 4.78 is 10.6. The molecule has 1 amide bonds. The predicted octanol–water partition coefficient (Wildman–Crippen LogP) is 3.35. The first-order valence-electron chi connectivity index (χ1n) is 7.10. The average Bonchev–Trinajstić information content (AvgIpc) is 2.38. The third-order valence-corrected chi connectivity index (χ3v) is 2.33. The molecule has 0 aliphatic rings. The minimum Gasteiger partial charge on any atom is -0.493 e. The maximum atomic E-state index is 11.4. The van der Waals surface area contributed by atoms with E-state index in [0.29, 0.717) is 19.6 Å². The summed E-state index contributed by atoms with van der Waals surface area (Å²) in [6.07, 6.45) is 0.138. The van der Waals surface area contributed by atoms with Gasteiger partial charge in [-0.2, -0.15) is 0 Å².